The van der Waals surface area contributed by atoms with Crippen molar-refractivity contribution >= 4 is 5.91 Å². The fourth-order valence-corrected chi connectivity index (χ4v) is 4.77. The number of nitrogens with zero attached hydrogens (tertiary/aromatic N) is 3. The maximum Gasteiger partial charge on any atom is 0.225 e. The predicted octanol–water partition coefficient (Wildman–Crippen LogP) is 3.72. The highest BCUT2D eigenvalue weighted by Crippen LogP contribution is 2.33. The summed E-state index contributed by atoms with van der Waals surface area (Å²) in [7, 11) is 0. The van der Waals surface area contributed by atoms with E-state index in [4.69, 9.17) is 5.10 Å². The molecule has 1 amide bonds. The van der Waals surface area contributed by atoms with Crippen molar-refractivity contribution in [1.82, 2.24) is 20.0 Å². The Bertz CT molecular complexity index is 796. The average molecular weight is 381 g/mol. The van der Waals surface area contributed by atoms with Gasteiger partial charge in [-0.3, -0.25) is 14.8 Å². The van der Waals surface area contributed by atoms with Gasteiger partial charge in [0.2, 0.25) is 5.91 Å². The molecule has 1 unspecified atom stereocenters. The molecule has 1 saturated heterocycles. The lowest BCUT2D eigenvalue weighted by molar-refractivity contribution is -0.134. The molecule has 1 atom stereocenters. The number of hydrogen-bond donors (Lipinski definition) is 1. The van der Waals surface area contributed by atoms with Crippen molar-refractivity contribution in [1.29, 1.82) is 0 Å². The van der Waals surface area contributed by atoms with Gasteiger partial charge in [-0.15, -0.1) is 0 Å². The molecule has 0 spiro atoms. The van der Waals surface area contributed by atoms with Gasteiger partial charge in [0.25, 0.3) is 0 Å². The molecule has 4 rings (SSSR count). The van der Waals surface area contributed by atoms with Crippen LogP contribution in [0.25, 0.3) is 0 Å². The Kier molecular flexibility index (Phi) is 5.81. The third-order valence-electron chi connectivity index (χ3n) is 6.51. The molecule has 2 aromatic rings. The van der Waals surface area contributed by atoms with Crippen LogP contribution in [0, 0.1) is 5.92 Å². The number of aromatic nitrogens is 2. The van der Waals surface area contributed by atoms with Crippen LogP contribution in [0.4, 0.5) is 0 Å². The molecule has 150 valence electrons. The minimum absolute atomic E-state index is 0.174. The molecule has 28 heavy (non-hydrogen) atoms. The smallest absolute Gasteiger partial charge is 0.225 e. The second kappa shape index (κ2) is 8.48. The predicted molar refractivity (Wildman–Crippen MR) is 111 cm³/mol. The summed E-state index contributed by atoms with van der Waals surface area (Å²) in [5, 5.41) is 8.01. The molecule has 1 aromatic carbocycles. The minimum Gasteiger partial charge on any atom is -0.342 e. The molecule has 0 aliphatic carbocycles. The van der Waals surface area contributed by atoms with Crippen LogP contribution in [0.3, 0.4) is 0 Å². The van der Waals surface area contributed by atoms with Crippen LogP contribution >= 0.6 is 0 Å². The van der Waals surface area contributed by atoms with E-state index in [1.807, 2.05) is 0 Å². The van der Waals surface area contributed by atoms with Crippen LogP contribution in [-0.4, -0.2) is 45.5 Å². The molecule has 2 aliphatic rings. The standard InChI is InChI=1S/C23H32N4O/c1-3-18(4-2)23(28)27-13-10-19(15-27)22-20-16-26(12-11-21(20)24-25-22)14-17-8-6-5-7-9-17/h5-9,18-19H,3-4,10-16H2,1-2H3,(H,24,25). The number of hydrogen-bond acceptors (Lipinski definition) is 3. The Morgan fingerprint density at radius 3 is 2.75 bits per heavy atom. The zero-order valence-corrected chi connectivity index (χ0v) is 17.2. The molecule has 0 radical (unpaired) electrons. The van der Waals surface area contributed by atoms with Gasteiger partial charge in [-0.05, 0) is 24.8 Å². The van der Waals surface area contributed by atoms with E-state index in [0.29, 0.717) is 11.8 Å². The fourth-order valence-electron chi connectivity index (χ4n) is 4.77. The first-order chi connectivity index (χ1) is 13.7. The van der Waals surface area contributed by atoms with Gasteiger partial charge in [0.1, 0.15) is 0 Å². The van der Waals surface area contributed by atoms with E-state index in [9.17, 15) is 4.79 Å². The normalized spacial score (nSPS) is 20.0. The van der Waals surface area contributed by atoms with E-state index in [1.54, 1.807) is 0 Å². The Morgan fingerprint density at radius 2 is 2.00 bits per heavy atom. The average Bonchev–Trinajstić information content (AvgIpc) is 3.36. The van der Waals surface area contributed by atoms with Crippen molar-refractivity contribution < 1.29 is 4.79 Å². The molecular weight excluding hydrogens is 348 g/mol. The van der Waals surface area contributed by atoms with Crippen LogP contribution in [-0.2, 0) is 24.3 Å². The molecule has 0 bridgehead atoms. The molecule has 1 fully saturated rings. The first-order valence-corrected chi connectivity index (χ1v) is 10.8. The van der Waals surface area contributed by atoms with Crippen LogP contribution in [0.15, 0.2) is 30.3 Å². The lowest BCUT2D eigenvalue weighted by atomic mass is 9.96. The number of likely N-dealkylation sites (tertiary alicyclic amines) is 1. The number of benzene rings is 1. The van der Waals surface area contributed by atoms with E-state index in [2.05, 4.69) is 59.1 Å². The summed E-state index contributed by atoms with van der Waals surface area (Å²) in [6.45, 7) is 8.92. The van der Waals surface area contributed by atoms with Gasteiger partial charge in [-0.2, -0.15) is 5.10 Å². The van der Waals surface area contributed by atoms with Crippen molar-refractivity contribution in [3.05, 3.63) is 52.8 Å². The lowest BCUT2D eigenvalue weighted by Crippen LogP contribution is -2.34. The number of amides is 1. The highest BCUT2D eigenvalue weighted by Gasteiger charge is 2.34. The van der Waals surface area contributed by atoms with Crippen molar-refractivity contribution in [3.8, 4) is 0 Å². The maximum absolute atomic E-state index is 12.8. The number of nitrogens with one attached hydrogen (secondary N) is 1. The molecule has 1 aromatic heterocycles. The van der Waals surface area contributed by atoms with Gasteiger partial charge in [-0.25, -0.2) is 0 Å². The zero-order chi connectivity index (χ0) is 19.5. The van der Waals surface area contributed by atoms with E-state index in [1.165, 1.54) is 22.5 Å². The Balaban J connectivity index is 1.44. The Hall–Kier alpha value is -2.14. The lowest BCUT2D eigenvalue weighted by Gasteiger charge is -2.27. The number of carbonyl (C=O) groups is 1. The van der Waals surface area contributed by atoms with E-state index in [-0.39, 0.29) is 5.92 Å². The number of H-pyrrole nitrogens is 1. The zero-order valence-electron chi connectivity index (χ0n) is 17.2. The van der Waals surface area contributed by atoms with Crippen LogP contribution in [0.5, 0.6) is 0 Å². The molecule has 2 aliphatic heterocycles. The Morgan fingerprint density at radius 1 is 1.21 bits per heavy atom. The molecule has 5 nitrogen and oxygen atoms in total. The van der Waals surface area contributed by atoms with Gasteiger partial charge in [-0.1, -0.05) is 44.2 Å². The van der Waals surface area contributed by atoms with Gasteiger partial charge < -0.3 is 4.90 Å². The van der Waals surface area contributed by atoms with Gasteiger partial charge in [0.05, 0.1) is 5.69 Å². The third-order valence-corrected chi connectivity index (χ3v) is 6.51. The summed E-state index contributed by atoms with van der Waals surface area (Å²) in [4.78, 5) is 17.3. The van der Waals surface area contributed by atoms with Gasteiger partial charge in [0, 0.05) is 62.2 Å². The monoisotopic (exact) mass is 380 g/mol. The van der Waals surface area contributed by atoms with Crippen molar-refractivity contribution in [2.75, 3.05) is 19.6 Å². The van der Waals surface area contributed by atoms with E-state index >= 15 is 0 Å². The summed E-state index contributed by atoms with van der Waals surface area (Å²) in [6.07, 6.45) is 3.92. The highest BCUT2D eigenvalue weighted by molar-refractivity contribution is 5.79. The number of aromatic amines is 1. The minimum atomic E-state index is 0.174. The summed E-state index contributed by atoms with van der Waals surface area (Å²) in [5.41, 5.74) is 5.24. The largest absolute Gasteiger partial charge is 0.342 e. The summed E-state index contributed by atoms with van der Waals surface area (Å²) in [5.74, 6) is 0.880. The van der Waals surface area contributed by atoms with Gasteiger partial charge in [0.15, 0.2) is 0 Å². The molecule has 5 heteroatoms. The van der Waals surface area contributed by atoms with Crippen molar-refractivity contribution in [2.24, 2.45) is 5.92 Å². The maximum atomic E-state index is 12.8. The highest BCUT2D eigenvalue weighted by atomic mass is 16.2. The first kappa shape index (κ1) is 19.2. The molecule has 0 saturated carbocycles. The summed E-state index contributed by atoms with van der Waals surface area (Å²) < 4.78 is 0. The van der Waals surface area contributed by atoms with Crippen LogP contribution in [0.2, 0.25) is 0 Å². The number of rotatable bonds is 6. The van der Waals surface area contributed by atoms with Crippen molar-refractivity contribution in [2.45, 2.75) is 58.5 Å². The third kappa shape index (κ3) is 3.86. The molecule has 1 N–H and O–H groups in total. The number of carbonyl (C=O) groups excluding carboxylic acids is 1. The first-order valence-electron chi connectivity index (χ1n) is 10.8. The summed E-state index contributed by atoms with van der Waals surface area (Å²) in [6, 6.07) is 10.7. The second-order valence-corrected chi connectivity index (χ2v) is 8.30. The Labute approximate surface area is 168 Å². The van der Waals surface area contributed by atoms with Gasteiger partial charge >= 0.3 is 0 Å². The van der Waals surface area contributed by atoms with Crippen molar-refractivity contribution in [3.63, 3.8) is 0 Å². The van der Waals surface area contributed by atoms with E-state index in [0.717, 1.165) is 58.4 Å². The SMILES string of the molecule is CCC(CC)C(=O)N1CCC(c2n[nH]c3c2CN(Cc2ccccc2)CC3)C1. The van der Waals surface area contributed by atoms with Crippen LogP contribution < -0.4 is 0 Å². The van der Waals surface area contributed by atoms with E-state index < -0.39 is 0 Å². The molecular formula is C23H32N4O. The molecule has 3 heterocycles. The van der Waals surface area contributed by atoms with Crippen LogP contribution in [0.1, 0.15) is 61.5 Å². The summed E-state index contributed by atoms with van der Waals surface area (Å²) >= 11 is 0. The second-order valence-electron chi connectivity index (χ2n) is 8.30. The topological polar surface area (TPSA) is 52.2 Å². The fraction of sp³-hybridized carbons (Fsp3) is 0.565. The number of fused-ring (bicyclic) bond motifs is 1. The quantitative estimate of drug-likeness (QED) is 0.831.